The molecule has 2 saturated carbocycles. The third-order valence-electron chi connectivity index (χ3n) is 6.97. The van der Waals surface area contributed by atoms with Gasteiger partial charge in [0.15, 0.2) is 5.82 Å². The number of nitrogens with one attached hydrogen (secondary N) is 1. The molecule has 1 aromatic carbocycles. The van der Waals surface area contributed by atoms with Crippen molar-refractivity contribution >= 4 is 5.91 Å². The second kappa shape index (κ2) is 6.99. The van der Waals surface area contributed by atoms with Gasteiger partial charge in [-0.3, -0.25) is 9.69 Å². The lowest BCUT2D eigenvalue weighted by Crippen LogP contribution is -2.42. The molecular weight excluding hydrogens is 352 g/mol. The van der Waals surface area contributed by atoms with E-state index >= 15 is 0 Å². The van der Waals surface area contributed by atoms with Crippen molar-refractivity contribution in [1.82, 2.24) is 20.4 Å². The summed E-state index contributed by atoms with van der Waals surface area (Å²) in [6.45, 7) is 4.72. The monoisotopic (exact) mass is 380 g/mol. The summed E-state index contributed by atoms with van der Waals surface area (Å²) in [6.07, 6.45) is 5.15. The number of rotatable bonds is 5. The number of aromatic nitrogens is 2. The molecule has 0 spiro atoms. The summed E-state index contributed by atoms with van der Waals surface area (Å²) in [5.74, 6) is 2.35. The Labute approximate surface area is 165 Å². The quantitative estimate of drug-likeness (QED) is 0.864. The number of carbonyl (C=O) groups is 1. The van der Waals surface area contributed by atoms with E-state index in [1.54, 1.807) is 0 Å². The minimum atomic E-state index is -0.145. The van der Waals surface area contributed by atoms with Gasteiger partial charge in [0.25, 0.3) is 0 Å². The highest BCUT2D eigenvalue weighted by atomic mass is 16.5. The lowest BCUT2D eigenvalue weighted by Gasteiger charge is -2.28. The van der Waals surface area contributed by atoms with Crippen LogP contribution in [0.4, 0.5) is 0 Å². The zero-order valence-electron chi connectivity index (χ0n) is 16.4. The molecule has 6 nitrogen and oxygen atoms in total. The van der Waals surface area contributed by atoms with E-state index in [0.717, 1.165) is 51.2 Å². The van der Waals surface area contributed by atoms with Gasteiger partial charge in [-0.1, -0.05) is 41.9 Å². The van der Waals surface area contributed by atoms with Crippen LogP contribution in [0.15, 0.2) is 34.9 Å². The molecule has 3 atom stereocenters. The minimum absolute atomic E-state index is 0.145. The van der Waals surface area contributed by atoms with Crippen LogP contribution in [0, 0.1) is 18.8 Å². The molecule has 1 aliphatic heterocycles. The number of fused-ring (bicyclic) bond motifs is 1. The van der Waals surface area contributed by atoms with E-state index in [9.17, 15) is 4.79 Å². The van der Waals surface area contributed by atoms with Gasteiger partial charge in [0, 0.05) is 31.6 Å². The van der Waals surface area contributed by atoms with Crippen LogP contribution in [-0.4, -0.2) is 40.1 Å². The van der Waals surface area contributed by atoms with Crippen LogP contribution in [0.25, 0.3) is 0 Å². The zero-order chi connectivity index (χ0) is 19.1. The molecule has 148 valence electrons. The Balaban J connectivity index is 1.34. The van der Waals surface area contributed by atoms with Gasteiger partial charge in [0.1, 0.15) is 0 Å². The third-order valence-corrected chi connectivity index (χ3v) is 6.97. The van der Waals surface area contributed by atoms with Gasteiger partial charge in [-0.05, 0) is 44.1 Å². The molecule has 6 heteroatoms. The predicted octanol–water partition coefficient (Wildman–Crippen LogP) is 2.83. The number of hydrogen-bond acceptors (Lipinski definition) is 5. The Bertz CT molecular complexity index is 847. The Morgan fingerprint density at radius 3 is 2.82 bits per heavy atom. The summed E-state index contributed by atoms with van der Waals surface area (Å²) in [4.78, 5) is 19.6. The second-order valence-electron chi connectivity index (χ2n) is 8.93. The highest BCUT2D eigenvalue weighted by molar-refractivity contribution is 5.79. The summed E-state index contributed by atoms with van der Waals surface area (Å²) in [5, 5.41) is 7.40. The summed E-state index contributed by atoms with van der Waals surface area (Å²) in [6, 6.07) is 10.8. The lowest BCUT2D eigenvalue weighted by molar-refractivity contribution is -0.128. The fraction of sp³-hybridized carbons (Fsp3) is 0.591. The number of amides is 1. The summed E-state index contributed by atoms with van der Waals surface area (Å²) in [7, 11) is 0. The Morgan fingerprint density at radius 1 is 1.32 bits per heavy atom. The first-order valence-electron chi connectivity index (χ1n) is 10.5. The molecule has 0 radical (unpaired) electrons. The molecule has 1 aromatic heterocycles. The zero-order valence-corrected chi connectivity index (χ0v) is 16.4. The van der Waals surface area contributed by atoms with E-state index in [4.69, 9.17) is 4.52 Å². The molecule has 3 aliphatic rings. The normalized spacial score (nSPS) is 30.2. The average Bonchev–Trinajstić information content (AvgIpc) is 3.27. The van der Waals surface area contributed by atoms with Gasteiger partial charge in [0.2, 0.25) is 11.8 Å². The van der Waals surface area contributed by atoms with Gasteiger partial charge >= 0.3 is 0 Å². The molecular formula is C22H28N4O2. The van der Waals surface area contributed by atoms with Crippen molar-refractivity contribution in [3.8, 4) is 0 Å². The van der Waals surface area contributed by atoms with E-state index in [1.165, 1.54) is 12.0 Å². The van der Waals surface area contributed by atoms with E-state index in [2.05, 4.69) is 50.7 Å². The molecule has 2 aromatic rings. The summed E-state index contributed by atoms with van der Waals surface area (Å²) < 4.78 is 5.68. The summed E-state index contributed by atoms with van der Waals surface area (Å²) >= 11 is 0. The fourth-order valence-corrected chi connectivity index (χ4v) is 5.37. The standard InChI is InChI=1S/C22H28N4O2/c1-15-23-21(28-25-15)22-11-19(24-20(27)17-8-5-9-17)10-18(22)13-26(14-22)12-16-6-3-2-4-7-16/h2-4,6-7,17-19H,5,8-14H2,1H3,(H,24,27). The number of hydrogen-bond donors (Lipinski definition) is 1. The predicted molar refractivity (Wildman–Crippen MR) is 104 cm³/mol. The van der Waals surface area contributed by atoms with Gasteiger partial charge in [-0.25, -0.2) is 0 Å². The van der Waals surface area contributed by atoms with Gasteiger partial charge in [-0.2, -0.15) is 4.98 Å². The average molecular weight is 380 g/mol. The van der Waals surface area contributed by atoms with Crippen molar-refractivity contribution in [2.75, 3.05) is 13.1 Å². The van der Waals surface area contributed by atoms with Gasteiger partial charge in [0.05, 0.1) is 5.41 Å². The van der Waals surface area contributed by atoms with Crippen LogP contribution in [0.1, 0.15) is 49.4 Å². The lowest BCUT2D eigenvalue weighted by atomic mass is 9.80. The Morgan fingerprint density at radius 2 is 2.14 bits per heavy atom. The van der Waals surface area contributed by atoms with E-state index in [1.807, 2.05) is 6.92 Å². The number of benzene rings is 1. The molecule has 2 aliphatic carbocycles. The first-order valence-corrected chi connectivity index (χ1v) is 10.5. The molecule has 5 rings (SSSR count). The van der Waals surface area contributed by atoms with Crippen LogP contribution in [0.2, 0.25) is 0 Å². The highest BCUT2D eigenvalue weighted by Gasteiger charge is 2.57. The minimum Gasteiger partial charge on any atom is -0.353 e. The van der Waals surface area contributed by atoms with Crippen LogP contribution >= 0.6 is 0 Å². The molecule has 28 heavy (non-hydrogen) atoms. The molecule has 1 N–H and O–H groups in total. The topological polar surface area (TPSA) is 71.3 Å². The molecule has 1 saturated heterocycles. The first kappa shape index (κ1) is 17.9. The molecule has 3 unspecified atom stereocenters. The maximum atomic E-state index is 12.5. The SMILES string of the molecule is Cc1noc(C23CC(NC(=O)C4CCC4)CC2CN(Cc2ccccc2)C3)n1. The Kier molecular flexibility index (Phi) is 4.46. The first-order chi connectivity index (χ1) is 13.6. The number of aryl methyl sites for hydroxylation is 1. The highest BCUT2D eigenvalue weighted by Crippen LogP contribution is 2.50. The van der Waals surface area contributed by atoms with E-state index < -0.39 is 0 Å². The van der Waals surface area contributed by atoms with Crippen molar-refractivity contribution in [2.45, 2.75) is 57.0 Å². The van der Waals surface area contributed by atoms with Gasteiger partial charge in [-0.15, -0.1) is 0 Å². The number of carbonyl (C=O) groups excluding carboxylic acids is 1. The molecule has 0 bridgehead atoms. The third kappa shape index (κ3) is 3.13. The van der Waals surface area contributed by atoms with E-state index in [0.29, 0.717) is 11.7 Å². The number of nitrogens with zero attached hydrogens (tertiary/aromatic N) is 3. The van der Waals surface area contributed by atoms with Crippen molar-refractivity contribution in [3.05, 3.63) is 47.6 Å². The number of likely N-dealkylation sites (tertiary alicyclic amines) is 1. The molecule has 3 fully saturated rings. The van der Waals surface area contributed by atoms with Crippen molar-refractivity contribution in [2.24, 2.45) is 11.8 Å². The second-order valence-corrected chi connectivity index (χ2v) is 8.93. The van der Waals surface area contributed by atoms with Crippen molar-refractivity contribution < 1.29 is 9.32 Å². The maximum absolute atomic E-state index is 12.5. The van der Waals surface area contributed by atoms with Crippen LogP contribution < -0.4 is 5.32 Å². The summed E-state index contributed by atoms with van der Waals surface area (Å²) in [5.41, 5.74) is 1.18. The Hall–Kier alpha value is -2.21. The van der Waals surface area contributed by atoms with Crippen LogP contribution in [0.5, 0.6) is 0 Å². The van der Waals surface area contributed by atoms with Gasteiger partial charge < -0.3 is 9.84 Å². The van der Waals surface area contributed by atoms with E-state index in [-0.39, 0.29) is 23.3 Å². The van der Waals surface area contributed by atoms with Crippen LogP contribution in [-0.2, 0) is 16.8 Å². The largest absolute Gasteiger partial charge is 0.353 e. The van der Waals surface area contributed by atoms with Crippen molar-refractivity contribution in [3.63, 3.8) is 0 Å². The molecule has 2 heterocycles. The van der Waals surface area contributed by atoms with Crippen molar-refractivity contribution in [1.29, 1.82) is 0 Å². The smallest absolute Gasteiger partial charge is 0.234 e. The fourth-order valence-electron chi connectivity index (χ4n) is 5.37. The maximum Gasteiger partial charge on any atom is 0.234 e. The van der Waals surface area contributed by atoms with Crippen LogP contribution in [0.3, 0.4) is 0 Å². The molecule has 1 amide bonds.